The summed E-state index contributed by atoms with van der Waals surface area (Å²) >= 11 is 0. The van der Waals surface area contributed by atoms with Crippen molar-refractivity contribution in [3.8, 4) is 11.3 Å². The molecule has 2 heterocycles. The number of aromatic nitrogens is 2. The van der Waals surface area contributed by atoms with Crippen molar-refractivity contribution >= 4 is 5.91 Å². The maximum Gasteiger partial charge on any atom is 0.270 e. The van der Waals surface area contributed by atoms with Gasteiger partial charge in [-0.3, -0.25) is 9.59 Å². The van der Waals surface area contributed by atoms with E-state index in [-0.39, 0.29) is 18.0 Å². The Morgan fingerprint density at radius 3 is 2.61 bits per heavy atom. The van der Waals surface area contributed by atoms with Crippen LogP contribution in [0.15, 0.2) is 41.2 Å². The molecule has 1 aliphatic rings. The molecular weight excluding hydrogens is 294 g/mol. The van der Waals surface area contributed by atoms with Crippen LogP contribution >= 0.6 is 0 Å². The van der Waals surface area contributed by atoms with E-state index in [4.69, 9.17) is 4.74 Å². The van der Waals surface area contributed by atoms with Gasteiger partial charge >= 0.3 is 0 Å². The second-order valence-electron chi connectivity index (χ2n) is 5.53. The lowest BCUT2D eigenvalue weighted by Gasteiger charge is -2.26. The van der Waals surface area contributed by atoms with Crippen LogP contribution < -0.4 is 5.56 Å². The third-order valence-corrected chi connectivity index (χ3v) is 3.87. The van der Waals surface area contributed by atoms with Crippen LogP contribution in [0.1, 0.15) is 5.56 Å². The molecule has 120 valence electrons. The van der Waals surface area contributed by atoms with E-state index in [2.05, 4.69) is 5.10 Å². The van der Waals surface area contributed by atoms with E-state index in [1.807, 2.05) is 30.3 Å². The van der Waals surface area contributed by atoms with Crippen molar-refractivity contribution in [1.82, 2.24) is 14.7 Å². The van der Waals surface area contributed by atoms with Crippen LogP contribution in [0.3, 0.4) is 0 Å². The van der Waals surface area contributed by atoms with Crippen molar-refractivity contribution in [2.75, 3.05) is 26.3 Å². The van der Waals surface area contributed by atoms with Crippen molar-refractivity contribution in [2.45, 2.75) is 13.5 Å². The lowest BCUT2D eigenvalue weighted by Crippen LogP contribution is -2.44. The first-order chi connectivity index (χ1) is 11.1. The summed E-state index contributed by atoms with van der Waals surface area (Å²) in [4.78, 5) is 26.3. The van der Waals surface area contributed by atoms with Gasteiger partial charge in [0.05, 0.1) is 18.9 Å². The van der Waals surface area contributed by atoms with Gasteiger partial charge in [-0.25, -0.2) is 4.68 Å². The van der Waals surface area contributed by atoms with Crippen LogP contribution in [0.25, 0.3) is 11.3 Å². The molecule has 3 rings (SSSR count). The summed E-state index contributed by atoms with van der Waals surface area (Å²) in [7, 11) is 0. The molecule has 1 aromatic heterocycles. The van der Waals surface area contributed by atoms with Gasteiger partial charge in [-0.05, 0) is 13.0 Å². The fourth-order valence-corrected chi connectivity index (χ4v) is 2.57. The van der Waals surface area contributed by atoms with E-state index < -0.39 is 0 Å². The summed E-state index contributed by atoms with van der Waals surface area (Å²) in [6.45, 7) is 3.90. The van der Waals surface area contributed by atoms with E-state index >= 15 is 0 Å². The Bertz CT molecular complexity index is 749. The van der Waals surface area contributed by atoms with Crippen LogP contribution in [0, 0.1) is 6.92 Å². The second kappa shape index (κ2) is 6.75. The number of benzene rings is 1. The molecule has 0 spiro atoms. The Morgan fingerprint density at radius 2 is 1.91 bits per heavy atom. The largest absolute Gasteiger partial charge is 0.378 e. The highest BCUT2D eigenvalue weighted by atomic mass is 16.5. The Labute approximate surface area is 134 Å². The summed E-state index contributed by atoms with van der Waals surface area (Å²) in [5.74, 6) is -0.104. The highest BCUT2D eigenvalue weighted by molar-refractivity contribution is 5.76. The standard InChI is InChI=1S/C17H19N3O3/c1-13-11-15(14-5-3-2-4-6-14)18-20(17(13)22)12-16(21)19-7-9-23-10-8-19/h2-6,11H,7-10,12H2,1H3. The molecule has 0 aliphatic carbocycles. The highest BCUT2D eigenvalue weighted by Gasteiger charge is 2.18. The fourth-order valence-electron chi connectivity index (χ4n) is 2.57. The topological polar surface area (TPSA) is 64.4 Å². The summed E-state index contributed by atoms with van der Waals surface area (Å²) < 4.78 is 6.50. The minimum Gasteiger partial charge on any atom is -0.378 e. The first kappa shape index (κ1) is 15.4. The Balaban J connectivity index is 1.88. The lowest BCUT2D eigenvalue weighted by molar-refractivity contribution is -0.136. The normalized spacial score (nSPS) is 14.7. The van der Waals surface area contributed by atoms with Gasteiger partial charge in [0.25, 0.3) is 5.56 Å². The van der Waals surface area contributed by atoms with E-state index in [0.29, 0.717) is 37.6 Å². The third kappa shape index (κ3) is 3.48. The summed E-state index contributed by atoms with van der Waals surface area (Å²) in [6, 6.07) is 11.4. The molecule has 1 aliphatic heterocycles. The number of carbonyl (C=O) groups is 1. The molecule has 0 bridgehead atoms. The smallest absolute Gasteiger partial charge is 0.270 e. The molecule has 6 heteroatoms. The minimum absolute atomic E-state index is 0.0413. The van der Waals surface area contributed by atoms with Crippen LogP contribution in [-0.2, 0) is 16.1 Å². The predicted octanol–water partition coefficient (Wildman–Crippen LogP) is 1.08. The zero-order valence-electron chi connectivity index (χ0n) is 13.1. The molecule has 0 radical (unpaired) electrons. The number of nitrogens with zero attached hydrogens (tertiary/aromatic N) is 3. The zero-order chi connectivity index (χ0) is 16.2. The third-order valence-electron chi connectivity index (χ3n) is 3.87. The average molecular weight is 313 g/mol. The number of hydrogen-bond donors (Lipinski definition) is 0. The number of amides is 1. The fraction of sp³-hybridized carbons (Fsp3) is 0.353. The van der Waals surface area contributed by atoms with Crippen LogP contribution in [0.2, 0.25) is 0 Å². The summed E-state index contributed by atoms with van der Waals surface area (Å²) in [5.41, 5.74) is 1.96. The monoisotopic (exact) mass is 313 g/mol. The van der Waals surface area contributed by atoms with E-state index in [0.717, 1.165) is 5.56 Å². The number of rotatable bonds is 3. The van der Waals surface area contributed by atoms with Gasteiger partial charge in [-0.2, -0.15) is 5.10 Å². The van der Waals surface area contributed by atoms with Gasteiger partial charge in [-0.15, -0.1) is 0 Å². The molecule has 1 amide bonds. The van der Waals surface area contributed by atoms with Crippen molar-refractivity contribution in [3.63, 3.8) is 0 Å². The minimum atomic E-state index is -0.230. The van der Waals surface area contributed by atoms with E-state index in [1.165, 1.54) is 4.68 Å². The van der Waals surface area contributed by atoms with Gasteiger partial charge in [0.1, 0.15) is 6.54 Å². The summed E-state index contributed by atoms with van der Waals surface area (Å²) in [5, 5.41) is 4.36. The number of aryl methyl sites for hydroxylation is 1. The summed E-state index contributed by atoms with van der Waals surface area (Å²) in [6.07, 6.45) is 0. The van der Waals surface area contributed by atoms with Crippen LogP contribution in [-0.4, -0.2) is 46.9 Å². The first-order valence-corrected chi connectivity index (χ1v) is 7.65. The van der Waals surface area contributed by atoms with Crippen molar-refractivity contribution in [3.05, 3.63) is 52.3 Å². The first-order valence-electron chi connectivity index (χ1n) is 7.65. The van der Waals surface area contributed by atoms with Gasteiger partial charge in [-0.1, -0.05) is 30.3 Å². The van der Waals surface area contributed by atoms with Crippen molar-refractivity contribution in [1.29, 1.82) is 0 Å². The number of carbonyl (C=O) groups excluding carboxylic acids is 1. The van der Waals surface area contributed by atoms with Crippen LogP contribution in [0.4, 0.5) is 0 Å². The molecule has 1 fully saturated rings. The Kier molecular flexibility index (Phi) is 4.52. The lowest BCUT2D eigenvalue weighted by atomic mass is 10.1. The van der Waals surface area contributed by atoms with Crippen LogP contribution in [0.5, 0.6) is 0 Å². The molecule has 23 heavy (non-hydrogen) atoms. The molecule has 1 aromatic carbocycles. The molecule has 0 atom stereocenters. The molecule has 6 nitrogen and oxygen atoms in total. The van der Waals surface area contributed by atoms with E-state index in [1.54, 1.807) is 17.9 Å². The molecule has 0 unspecified atom stereocenters. The average Bonchev–Trinajstić information content (AvgIpc) is 2.60. The maximum absolute atomic E-state index is 12.3. The van der Waals surface area contributed by atoms with Crippen molar-refractivity contribution < 1.29 is 9.53 Å². The Hall–Kier alpha value is -2.47. The SMILES string of the molecule is Cc1cc(-c2ccccc2)nn(CC(=O)N2CCOCC2)c1=O. The number of hydrogen-bond acceptors (Lipinski definition) is 4. The zero-order valence-corrected chi connectivity index (χ0v) is 13.1. The quantitative estimate of drug-likeness (QED) is 0.850. The van der Waals surface area contributed by atoms with E-state index in [9.17, 15) is 9.59 Å². The number of ether oxygens (including phenoxy) is 1. The second-order valence-corrected chi connectivity index (χ2v) is 5.53. The van der Waals surface area contributed by atoms with Gasteiger partial charge in [0, 0.05) is 24.2 Å². The molecule has 0 saturated carbocycles. The Morgan fingerprint density at radius 1 is 1.22 bits per heavy atom. The predicted molar refractivity (Wildman–Crippen MR) is 86.1 cm³/mol. The van der Waals surface area contributed by atoms with Gasteiger partial charge < -0.3 is 9.64 Å². The molecular formula is C17H19N3O3. The molecule has 2 aromatic rings. The number of morpholine rings is 1. The van der Waals surface area contributed by atoms with Gasteiger partial charge in [0.15, 0.2) is 0 Å². The van der Waals surface area contributed by atoms with Crippen molar-refractivity contribution in [2.24, 2.45) is 0 Å². The maximum atomic E-state index is 12.3. The van der Waals surface area contributed by atoms with Gasteiger partial charge in [0.2, 0.25) is 5.91 Å². The molecule has 0 N–H and O–H groups in total. The molecule has 1 saturated heterocycles. The highest BCUT2D eigenvalue weighted by Crippen LogP contribution is 2.15.